The smallest absolute Gasteiger partial charge is 0.306 e. The molecule has 1 aliphatic rings. The SMILES string of the molecule is CCC1CCC(NCC(O)CC(=O)O)CC1. The number of carbonyl (C=O) groups is 1. The summed E-state index contributed by atoms with van der Waals surface area (Å²) in [6.07, 6.45) is 5.13. The maximum atomic E-state index is 10.4. The molecule has 0 saturated heterocycles. The van der Waals surface area contributed by atoms with Gasteiger partial charge in [-0.15, -0.1) is 0 Å². The van der Waals surface area contributed by atoms with Crippen LogP contribution in [0.25, 0.3) is 0 Å². The molecule has 1 atom stereocenters. The van der Waals surface area contributed by atoms with Gasteiger partial charge >= 0.3 is 5.97 Å². The lowest BCUT2D eigenvalue weighted by Crippen LogP contribution is -2.38. The quantitative estimate of drug-likeness (QED) is 0.643. The first-order valence-electron chi connectivity index (χ1n) is 6.25. The molecule has 1 saturated carbocycles. The monoisotopic (exact) mass is 229 g/mol. The summed E-state index contributed by atoms with van der Waals surface area (Å²) in [7, 11) is 0. The van der Waals surface area contributed by atoms with Gasteiger partial charge in [0, 0.05) is 12.6 Å². The van der Waals surface area contributed by atoms with Gasteiger partial charge in [-0.3, -0.25) is 4.79 Å². The third-order valence-corrected chi connectivity index (χ3v) is 3.48. The maximum Gasteiger partial charge on any atom is 0.306 e. The van der Waals surface area contributed by atoms with Crippen LogP contribution in [0.4, 0.5) is 0 Å². The zero-order valence-corrected chi connectivity index (χ0v) is 9.98. The lowest BCUT2D eigenvalue weighted by atomic mass is 9.84. The molecule has 0 radical (unpaired) electrons. The summed E-state index contributed by atoms with van der Waals surface area (Å²) in [6.45, 7) is 2.63. The van der Waals surface area contributed by atoms with Crippen LogP contribution in [0.2, 0.25) is 0 Å². The Kier molecular flexibility index (Phi) is 5.77. The number of nitrogens with one attached hydrogen (secondary N) is 1. The van der Waals surface area contributed by atoms with Crippen LogP contribution in [-0.4, -0.2) is 34.9 Å². The highest BCUT2D eigenvalue weighted by molar-refractivity contribution is 5.67. The Morgan fingerprint density at radius 2 is 2.00 bits per heavy atom. The van der Waals surface area contributed by atoms with Crippen LogP contribution in [0.5, 0.6) is 0 Å². The Labute approximate surface area is 97.0 Å². The molecule has 3 N–H and O–H groups in total. The predicted octanol–water partition coefficient (Wildman–Crippen LogP) is 1.38. The van der Waals surface area contributed by atoms with Crippen LogP contribution in [0.15, 0.2) is 0 Å². The summed E-state index contributed by atoms with van der Waals surface area (Å²) in [6, 6.07) is 0.464. The van der Waals surface area contributed by atoms with Crippen molar-refractivity contribution in [2.24, 2.45) is 5.92 Å². The van der Waals surface area contributed by atoms with Gasteiger partial charge in [0.15, 0.2) is 0 Å². The van der Waals surface area contributed by atoms with E-state index < -0.39 is 12.1 Å². The summed E-state index contributed by atoms with van der Waals surface area (Å²) >= 11 is 0. The fraction of sp³-hybridized carbons (Fsp3) is 0.917. The Bertz CT molecular complexity index is 212. The van der Waals surface area contributed by atoms with E-state index in [4.69, 9.17) is 5.11 Å². The molecule has 4 heteroatoms. The minimum Gasteiger partial charge on any atom is -0.481 e. The van der Waals surface area contributed by atoms with Crippen molar-refractivity contribution in [1.82, 2.24) is 5.32 Å². The number of carboxylic acid groups (broad SMARTS) is 1. The third-order valence-electron chi connectivity index (χ3n) is 3.48. The van der Waals surface area contributed by atoms with Gasteiger partial charge in [-0.05, 0) is 31.6 Å². The minimum absolute atomic E-state index is 0.169. The van der Waals surface area contributed by atoms with Gasteiger partial charge in [-0.1, -0.05) is 13.3 Å². The second-order valence-corrected chi connectivity index (χ2v) is 4.79. The molecule has 94 valence electrons. The molecule has 0 spiro atoms. The van der Waals surface area contributed by atoms with Crippen LogP contribution in [-0.2, 0) is 4.79 Å². The van der Waals surface area contributed by atoms with Crippen LogP contribution >= 0.6 is 0 Å². The van der Waals surface area contributed by atoms with Crippen LogP contribution in [0, 0.1) is 5.92 Å². The molecule has 0 aromatic rings. The number of carboxylic acids is 1. The predicted molar refractivity (Wildman–Crippen MR) is 62.3 cm³/mol. The topological polar surface area (TPSA) is 69.6 Å². The summed E-state index contributed by atoms with van der Waals surface area (Å²) < 4.78 is 0. The molecule has 0 bridgehead atoms. The highest BCUT2D eigenvalue weighted by Gasteiger charge is 2.20. The van der Waals surface area contributed by atoms with Gasteiger partial charge in [0.25, 0.3) is 0 Å². The van der Waals surface area contributed by atoms with E-state index in [1.165, 1.54) is 19.3 Å². The first-order chi connectivity index (χ1) is 7.61. The van der Waals surface area contributed by atoms with E-state index in [1.54, 1.807) is 0 Å². The molecule has 1 aliphatic carbocycles. The molecule has 0 amide bonds. The summed E-state index contributed by atoms with van der Waals surface area (Å²) in [4.78, 5) is 10.4. The van der Waals surface area contributed by atoms with E-state index in [0.29, 0.717) is 12.6 Å². The molecule has 1 fully saturated rings. The van der Waals surface area contributed by atoms with E-state index in [2.05, 4.69) is 12.2 Å². The molecule has 1 rings (SSSR count). The second-order valence-electron chi connectivity index (χ2n) is 4.79. The van der Waals surface area contributed by atoms with Gasteiger partial charge in [-0.2, -0.15) is 0 Å². The molecule has 0 aliphatic heterocycles. The van der Waals surface area contributed by atoms with E-state index in [0.717, 1.165) is 18.8 Å². The first kappa shape index (κ1) is 13.5. The van der Waals surface area contributed by atoms with Crippen molar-refractivity contribution in [3.8, 4) is 0 Å². The number of aliphatic carboxylic acids is 1. The molecular formula is C12H23NO3. The maximum absolute atomic E-state index is 10.4. The van der Waals surface area contributed by atoms with E-state index >= 15 is 0 Å². The molecule has 0 aromatic carbocycles. The summed E-state index contributed by atoms with van der Waals surface area (Å²) in [5.74, 6) is -0.0778. The molecule has 16 heavy (non-hydrogen) atoms. The Hall–Kier alpha value is -0.610. The Morgan fingerprint density at radius 1 is 1.38 bits per heavy atom. The van der Waals surface area contributed by atoms with Crippen molar-refractivity contribution >= 4 is 5.97 Å². The number of aliphatic hydroxyl groups excluding tert-OH is 1. The molecule has 0 heterocycles. The van der Waals surface area contributed by atoms with E-state index in [9.17, 15) is 9.90 Å². The van der Waals surface area contributed by atoms with Crippen molar-refractivity contribution in [2.45, 2.75) is 57.6 Å². The lowest BCUT2D eigenvalue weighted by molar-refractivity contribution is -0.139. The zero-order chi connectivity index (χ0) is 12.0. The minimum atomic E-state index is -0.941. The fourth-order valence-corrected chi connectivity index (χ4v) is 2.35. The van der Waals surface area contributed by atoms with Gasteiger partial charge in [0.1, 0.15) is 0 Å². The van der Waals surface area contributed by atoms with Gasteiger partial charge in [-0.25, -0.2) is 0 Å². The molecule has 4 nitrogen and oxygen atoms in total. The van der Waals surface area contributed by atoms with Crippen LogP contribution < -0.4 is 5.32 Å². The summed E-state index contributed by atoms with van der Waals surface area (Å²) in [5.41, 5.74) is 0. The lowest BCUT2D eigenvalue weighted by Gasteiger charge is -2.29. The molecule has 0 aromatic heterocycles. The first-order valence-corrected chi connectivity index (χ1v) is 6.25. The van der Waals surface area contributed by atoms with Crippen molar-refractivity contribution in [1.29, 1.82) is 0 Å². The number of hydrogen-bond donors (Lipinski definition) is 3. The zero-order valence-electron chi connectivity index (χ0n) is 9.98. The van der Waals surface area contributed by atoms with Crippen LogP contribution in [0.1, 0.15) is 45.4 Å². The van der Waals surface area contributed by atoms with Crippen molar-refractivity contribution < 1.29 is 15.0 Å². The Morgan fingerprint density at radius 3 is 2.50 bits per heavy atom. The second kappa shape index (κ2) is 6.86. The van der Waals surface area contributed by atoms with E-state index in [1.807, 2.05) is 0 Å². The van der Waals surface area contributed by atoms with Crippen LogP contribution in [0.3, 0.4) is 0 Å². The largest absolute Gasteiger partial charge is 0.481 e. The van der Waals surface area contributed by atoms with Crippen molar-refractivity contribution in [2.75, 3.05) is 6.54 Å². The van der Waals surface area contributed by atoms with Crippen molar-refractivity contribution in [3.63, 3.8) is 0 Å². The third kappa shape index (κ3) is 4.94. The van der Waals surface area contributed by atoms with Crippen molar-refractivity contribution in [3.05, 3.63) is 0 Å². The average molecular weight is 229 g/mol. The Balaban J connectivity index is 2.12. The van der Waals surface area contributed by atoms with E-state index in [-0.39, 0.29) is 6.42 Å². The fourth-order valence-electron chi connectivity index (χ4n) is 2.35. The number of aliphatic hydroxyl groups is 1. The van der Waals surface area contributed by atoms with Gasteiger partial charge in [0.05, 0.1) is 12.5 Å². The average Bonchev–Trinajstić information content (AvgIpc) is 2.26. The standard InChI is InChI=1S/C12H23NO3/c1-2-9-3-5-10(6-4-9)13-8-11(14)7-12(15)16/h9-11,13-14H,2-8H2,1H3,(H,15,16). The normalized spacial score (nSPS) is 27.6. The van der Waals surface area contributed by atoms with Gasteiger partial charge < -0.3 is 15.5 Å². The molecular weight excluding hydrogens is 206 g/mol. The number of rotatable bonds is 6. The molecule has 1 unspecified atom stereocenters. The highest BCUT2D eigenvalue weighted by Crippen LogP contribution is 2.26. The highest BCUT2D eigenvalue weighted by atomic mass is 16.4. The summed E-state index contributed by atoms with van der Waals surface area (Å²) in [5, 5.41) is 21.2. The number of hydrogen-bond acceptors (Lipinski definition) is 3. The van der Waals surface area contributed by atoms with Gasteiger partial charge in [0.2, 0.25) is 0 Å².